The summed E-state index contributed by atoms with van der Waals surface area (Å²) in [6.07, 6.45) is -3.92. The molecular weight excluding hydrogens is 281 g/mol. The van der Waals surface area contributed by atoms with Crippen molar-refractivity contribution in [3.8, 4) is 0 Å². The first-order chi connectivity index (χ1) is 9.89. The van der Waals surface area contributed by atoms with Gasteiger partial charge < -0.3 is 9.47 Å². The third-order valence-corrected chi connectivity index (χ3v) is 2.57. The topological polar surface area (TPSA) is 18.5 Å². The summed E-state index contributed by atoms with van der Waals surface area (Å²) in [5.41, 5.74) is 0.981. The molecule has 0 spiro atoms. The molecule has 0 saturated carbocycles. The highest BCUT2D eigenvalue weighted by molar-refractivity contribution is 5.13. The first-order valence-corrected chi connectivity index (χ1v) is 6.86. The molecule has 1 atom stereocenters. The van der Waals surface area contributed by atoms with Crippen LogP contribution in [0.25, 0.3) is 0 Å². The summed E-state index contributed by atoms with van der Waals surface area (Å²) in [6, 6.07) is 9.45. The van der Waals surface area contributed by atoms with Gasteiger partial charge in [-0.3, -0.25) is 0 Å². The van der Waals surface area contributed by atoms with Crippen molar-refractivity contribution in [1.29, 1.82) is 0 Å². The zero-order valence-electron chi connectivity index (χ0n) is 12.3. The highest BCUT2D eigenvalue weighted by Crippen LogP contribution is 2.24. The van der Waals surface area contributed by atoms with Crippen molar-refractivity contribution in [2.24, 2.45) is 5.92 Å². The molecule has 0 aliphatic heterocycles. The summed E-state index contributed by atoms with van der Waals surface area (Å²) in [6.45, 7) is 4.17. The van der Waals surface area contributed by atoms with Crippen LogP contribution in [0.15, 0.2) is 42.5 Å². The molecule has 0 aliphatic carbocycles. The molecule has 0 aromatic heterocycles. The smallest absolute Gasteiger partial charge is 0.373 e. The Balaban J connectivity index is 2.36. The second-order valence-electron chi connectivity index (χ2n) is 5.12. The molecule has 1 aromatic rings. The van der Waals surface area contributed by atoms with E-state index in [0.29, 0.717) is 6.61 Å². The number of rotatable bonds is 8. The molecule has 0 N–H and O–H groups in total. The van der Waals surface area contributed by atoms with Crippen LogP contribution >= 0.6 is 0 Å². The monoisotopic (exact) mass is 302 g/mol. The molecule has 1 rings (SSSR count). The maximum absolute atomic E-state index is 12.7. The third-order valence-electron chi connectivity index (χ3n) is 2.57. The Labute approximate surface area is 123 Å². The van der Waals surface area contributed by atoms with Gasteiger partial charge in [0.15, 0.2) is 6.10 Å². The zero-order chi connectivity index (χ0) is 15.7. The molecule has 21 heavy (non-hydrogen) atoms. The fourth-order valence-electron chi connectivity index (χ4n) is 1.55. The van der Waals surface area contributed by atoms with E-state index in [4.69, 9.17) is 9.47 Å². The summed E-state index contributed by atoms with van der Waals surface area (Å²) in [5, 5.41) is 0. The number of hydrogen-bond acceptors (Lipinski definition) is 2. The zero-order valence-corrected chi connectivity index (χ0v) is 12.3. The Morgan fingerprint density at radius 1 is 1.14 bits per heavy atom. The predicted molar refractivity (Wildman–Crippen MR) is 75.9 cm³/mol. The van der Waals surface area contributed by atoms with Crippen LogP contribution in [0.1, 0.15) is 19.4 Å². The lowest BCUT2D eigenvalue weighted by Gasteiger charge is -2.18. The van der Waals surface area contributed by atoms with E-state index in [-0.39, 0.29) is 19.1 Å². The second kappa shape index (κ2) is 8.85. The normalized spacial score (nSPS) is 14.0. The Kier molecular flexibility index (Phi) is 7.47. The van der Waals surface area contributed by atoms with Gasteiger partial charge in [-0.2, -0.15) is 13.2 Å². The van der Waals surface area contributed by atoms with E-state index in [0.717, 1.165) is 11.6 Å². The van der Waals surface area contributed by atoms with Crippen molar-refractivity contribution < 1.29 is 22.6 Å². The van der Waals surface area contributed by atoms with Crippen molar-refractivity contribution >= 4 is 0 Å². The number of ether oxygens (including phenoxy) is 2. The fourth-order valence-corrected chi connectivity index (χ4v) is 1.55. The minimum absolute atomic E-state index is 0.0533. The van der Waals surface area contributed by atoms with E-state index in [1.54, 1.807) is 13.8 Å². The van der Waals surface area contributed by atoms with Gasteiger partial charge in [-0.1, -0.05) is 50.3 Å². The number of alkyl halides is 3. The fraction of sp³-hybridized carbons (Fsp3) is 0.500. The molecule has 5 heteroatoms. The summed E-state index contributed by atoms with van der Waals surface area (Å²) < 4.78 is 48.3. The van der Waals surface area contributed by atoms with Gasteiger partial charge in [0.2, 0.25) is 0 Å². The molecule has 0 bridgehead atoms. The van der Waals surface area contributed by atoms with E-state index >= 15 is 0 Å². The van der Waals surface area contributed by atoms with E-state index in [9.17, 15) is 13.2 Å². The van der Waals surface area contributed by atoms with Gasteiger partial charge in [-0.05, 0) is 17.6 Å². The summed E-state index contributed by atoms with van der Waals surface area (Å²) in [7, 11) is 0. The van der Waals surface area contributed by atoms with E-state index < -0.39 is 12.3 Å². The van der Waals surface area contributed by atoms with Crippen LogP contribution in [0.5, 0.6) is 0 Å². The van der Waals surface area contributed by atoms with Crippen molar-refractivity contribution in [2.45, 2.75) is 32.7 Å². The van der Waals surface area contributed by atoms with Gasteiger partial charge in [0, 0.05) is 0 Å². The van der Waals surface area contributed by atoms with Crippen LogP contribution in [0, 0.1) is 5.92 Å². The van der Waals surface area contributed by atoms with Gasteiger partial charge in [0.1, 0.15) is 0 Å². The molecule has 1 unspecified atom stereocenters. The maximum Gasteiger partial charge on any atom is 0.418 e. The largest absolute Gasteiger partial charge is 0.418 e. The lowest BCUT2D eigenvalue weighted by atomic mass is 10.2. The molecule has 0 amide bonds. The number of hydrogen-bond donors (Lipinski definition) is 0. The Morgan fingerprint density at radius 2 is 1.81 bits per heavy atom. The Hall–Kier alpha value is -1.33. The number of halogens is 3. The molecule has 1 aromatic carbocycles. The van der Waals surface area contributed by atoms with Gasteiger partial charge in [0.05, 0.1) is 19.8 Å². The molecule has 0 radical (unpaired) electrons. The van der Waals surface area contributed by atoms with E-state index in [1.807, 2.05) is 30.3 Å². The Bertz CT molecular complexity index is 413. The van der Waals surface area contributed by atoms with E-state index in [1.165, 1.54) is 6.08 Å². The Morgan fingerprint density at radius 3 is 2.38 bits per heavy atom. The molecule has 0 aliphatic rings. The van der Waals surface area contributed by atoms with Gasteiger partial charge in [-0.25, -0.2) is 0 Å². The minimum atomic E-state index is -4.40. The standard InChI is InChI=1S/C16H21F3O2/c1-13(2)11-21-15(16(17,18)19)9-6-10-20-12-14-7-4-3-5-8-14/h3-9,13,15H,10-12H2,1-2H3. The molecule has 0 heterocycles. The van der Waals surface area contributed by atoms with Crippen LogP contribution in [0.3, 0.4) is 0 Å². The van der Waals surface area contributed by atoms with Gasteiger partial charge in [0.25, 0.3) is 0 Å². The lowest BCUT2D eigenvalue weighted by molar-refractivity contribution is -0.206. The van der Waals surface area contributed by atoms with Crippen molar-refractivity contribution in [3.63, 3.8) is 0 Å². The quantitative estimate of drug-likeness (QED) is 0.524. The van der Waals surface area contributed by atoms with Crippen LogP contribution in [-0.2, 0) is 16.1 Å². The molecule has 2 nitrogen and oxygen atoms in total. The molecule has 118 valence electrons. The average Bonchev–Trinajstić information content (AvgIpc) is 2.41. The minimum Gasteiger partial charge on any atom is -0.373 e. The first kappa shape index (κ1) is 17.7. The van der Waals surface area contributed by atoms with Crippen LogP contribution in [0.4, 0.5) is 13.2 Å². The lowest BCUT2D eigenvalue weighted by Crippen LogP contribution is -2.31. The second-order valence-corrected chi connectivity index (χ2v) is 5.12. The molecule has 0 saturated heterocycles. The summed E-state index contributed by atoms with van der Waals surface area (Å²) >= 11 is 0. The van der Waals surface area contributed by atoms with Crippen LogP contribution in [0.2, 0.25) is 0 Å². The highest BCUT2D eigenvalue weighted by atomic mass is 19.4. The van der Waals surface area contributed by atoms with Crippen molar-refractivity contribution in [2.75, 3.05) is 13.2 Å². The summed E-state index contributed by atoms with van der Waals surface area (Å²) in [5.74, 6) is 0.0533. The van der Waals surface area contributed by atoms with Gasteiger partial charge >= 0.3 is 6.18 Å². The predicted octanol–water partition coefficient (Wildman–Crippen LogP) is 4.36. The number of benzene rings is 1. The van der Waals surface area contributed by atoms with Crippen LogP contribution < -0.4 is 0 Å². The summed E-state index contributed by atoms with van der Waals surface area (Å²) in [4.78, 5) is 0. The van der Waals surface area contributed by atoms with Crippen molar-refractivity contribution in [3.05, 3.63) is 48.0 Å². The molecule has 0 fully saturated rings. The molecular formula is C16H21F3O2. The van der Waals surface area contributed by atoms with E-state index in [2.05, 4.69) is 0 Å². The first-order valence-electron chi connectivity index (χ1n) is 6.86. The average molecular weight is 302 g/mol. The van der Waals surface area contributed by atoms with Gasteiger partial charge in [-0.15, -0.1) is 0 Å². The van der Waals surface area contributed by atoms with Crippen LogP contribution in [-0.4, -0.2) is 25.5 Å². The maximum atomic E-state index is 12.7. The highest BCUT2D eigenvalue weighted by Gasteiger charge is 2.38. The SMILES string of the molecule is CC(C)COC(C=CCOCc1ccccc1)C(F)(F)F. The van der Waals surface area contributed by atoms with Crippen molar-refractivity contribution in [1.82, 2.24) is 0 Å². The third kappa shape index (κ3) is 7.87.